The lowest BCUT2D eigenvalue weighted by Gasteiger charge is -2.27. The second kappa shape index (κ2) is 57.7. The molecular formula is C67H132N2O7P+. The van der Waals surface area contributed by atoms with Gasteiger partial charge in [-0.25, -0.2) is 4.57 Å². The van der Waals surface area contributed by atoms with Crippen LogP contribution in [0, 0.1) is 0 Å². The largest absolute Gasteiger partial charge is 0.472 e. The maximum atomic E-state index is 13.6. The Kier molecular flexibility index (Phi) is 56.6. The summed E-state index contributed by atoms with van der Waals surface area (Å²) in [6, 6.07) is -0.842. The summed E-state index contributed by atoms with van der Waals surface area (Å²) in [7, 11) is 1.52. The van der Waals surface area contributed by atoms with Gasteiger partial charge in [-0.3, -0.25) is 18.6 Å². The van der Waals surface area contributed by atoms with Crippen molar-refractivity contribution in [2.45, 2.75) is 354 Å². The van der Waals surface area contributed by atoms with Crippen molar-refractivity contribution in [1.82, 2.24) is 5.32 Å². The number of hydrogen-bond donors (Lipinski definition) is 2. The predicted octanol–water partition coefficient (Wildman–Crippen LogP) is 20.9. The summed E-state index contributed by atoms with van der Waals surface area (Å²) < 4.78 is 30.8. The van der Waals surface area contributed by atoms with Gasteiger partial charge in [0.25, 0.3) is 0 Å². The minimum Gasteiger partial charge on any atom is -0.456 e. The fourth-order valence-electron chi connectivity index (χ4n) is 10.2. The molecular weight excluding hydrogens is 976 g/mol. The third kappa shape index (κ3) is 58.9. The second-order valence-electron chi connectivity index (χ2n) is 24.4. The number of carbonyl (C=O) groups is 2. The molecule has 0 saturated heterocycles. The number of amides is 1. The van der Waals surface area contributed by atoms with Crippen molar-refractivity contribution in [3.05, 3.63) is 24.3 Å². The van der Waals surface area contributed by atoms with Crippen LogP contribution >= 0.6 is 7.82 Å². The Hall–Kier alpha value is -1.51. The highest BCUT2D eigenvalue weighted by Crippen LogP contribution is 2.43. The Bertz CT molecular complexity index is 1370. The molecule has 0 aliphatic carbocycles. The predicted molar refractivity (Wildman–Crippen MR) is 333 cm³/mol. The average molecular weight is 1110 g/mol. The van der Waals surface area contributed by atoms with Gasteiger partial charge < -0.3 is 19.4 Å². The molecule has 3 atom stereocenters. The number of nitrogens with zero attached hydrogens (tertiary/aromatic N) is 1. The van der Waals surface area contributed by atoms with E-state index < -0.39 is 20.0 Å². The topological polar surface area (TPSA) is 111 Å². The Balaban J connectivity index is 5.09. The first-order valence-corrected chi connectivity index (χ1v) is 35.2. The van der Waals surface area contributed by atoms with Crippen LogP contribution in [0.4, 0.5) is 0 Å². The maximum absolute atomic E-state index is 13.6. The first-order valence-electron chi connectivity index (χ1n) is 33.7. The van der Waals surface area contributed by atoms with Gasteiger partial charge in [-0.05, 0) is 57.4 Å². The summed E-state index contributed by atoms with van der Waals surface area (Å²) in [6.45, 7) is 7.06. The van der Waals surface area contributed by atoms with Crippen LogP contribution in [0.5, 0.6) is 0 Å². The van der Waals surface area contributed by atoms with E-state index >= 15 is 0 Å². The second-order valence-corrected chi connectivity index (χ2v) is 25.8. The van der Waals surface area contributed by atoms with E-state index in [1.165, 1.54) is 250 Å². The van der Waals surface area contributed by atoms with Crippen molar-refractivity contribution in [1.29, 1.82) is 0 Å². The molecule has 0 aromatic heterocycles. The Morgan fingerprint density at radius 2 is 0.753 bits per heavy atom. The Labute approximate surface area is 479 Å². The van der Waals surface area contributed by atoms with E-state index in [1.807, 2.05) is 33.3 Å². The summed E-state index contributed by atoms with van der Waals surface area (Å²) in [6.07, 6.45) is 68.9. The van der Waals surface area contributed by atoms with E-state index in [4.69, 9.17) is 13.8 Å². The Morgan fingerprint density at radius 3 is 1.10 bits per heavy atom. The molecule has 2 N–H and O–H groups in total. The van der Waals surface area contributed by atoms with Crippen LogP contribution in [0.15, 0.2) is 24.3 Å². The minimum atomic E-state index is -4.44. The molecule has 0 aliphatic heterocycles. The zero-order valence-corrected chi connectivity index (χ0v) is 53.1. The fourth-order valence-corrected chi connectivity index (χ4v) is 10.9. The zero-order valence-electron chi connectivity index (χ0n) is 52.2. The molecule has 1 amide bonds. The molecule has 0 aromatic rings. The van der Waals surface area contributed by atoms with E-state index in [0.29, 0.717) is 23.9 Å². The van der Waals surface area contributed by atoms with E-state index in [-0.39, 0.29) is 25.1 Å². The summed E-state index contributed by atoms with van der Waals surface area (Å²) >= 11 is 0. The van der Waals surface area contributed by atoms with Crippen molar-refractivity contribution >= 4 is 19.7 Å². The van der Waals surface area contributed by atoms with Crippen molar-refractivity contribution in [2.75, 3.05) is 40.9 Å². The standard InChI is InChI=1S/C67H131N2O7P/c1-7-10-13-16-19-22-25-28-30-32-33-34-35-36-37-38-40-42-45-48-51-54-57-60-67(71)76-65(58-55-52-49-46-43-27-24-21-18-15-12-9-3)64(63-75-77(72,73)74-62-61-69(4,5)6)68-66(70)59-56-53-50-47-44-41-39-31-29-26-23-20-17-14-11-8-2/h28,30,55,58,64-65H,7-27,29,31-54,56-57,59-63H2,1-6H3,(H-,68,70,72,73)/p+1/b30-28+,58-55+. The third-order valence-corrected chi connectivity index (χ3v) is 16.4. The molecule has 0 spiro atoms. The van der Waals surface area contributed by atoms with Gasteiger partial charge in [-0.15, -0.1) is 0 Å². The summed E-state index contributed by atoms with van der Waals surface area (Å²) in [5, 5.41) is 3.07. The van der Waals surface area contributed by atoms with E-state index in [0.717, 1.165) is 57.8 Å². The summed E-state index contributed by atoms with van der Waals surface area (Å²) in [4.78, 5) is 37.8. The number of quaternary nitrogens is 1. The lowest BCUT2D eigenvalue weighted by molar-refractivity contribution is -0.870. The highest BCUT2D eigenvalue weighted by molar-refractivity contribution is 7.47. The number of rotatable bonds is 62. The number of carbonyl (C=O) groups excluding carboxylic acids is 2. The number of nitrogens with one attached hydrogen (secondary N) is 1. The fraction of sp³-hybridized carbons (Fsp3) is 0.910. The number of esters is 1. The van der Waals surface area contributed by atoms with Crippen LogP contribution in [0.3, 0.4) is 0 Å². The molecule has 0 aromatic carbocycles. The van der Waals surface area contributed by atoms with Crippen LogP contribution in [0.2, 0.25) is 0 Å². The van der Waals surface area contributed by atoms with Crippen LogP contribution in [-0.4, -0.2) is 74.3 Å². The van der Waals surface area contributed by atoms with Gasteiger partial charge in [0.1, 0.15) is 19.3 Å². The molecule has 3 unspecified atom stereocenters. The first kappa shape index (κ1) is 75.5. The van der Waals surface area contributed by atoms with Crippen LogP contribution in [-0.2, 0) is 27.9 Å². The molecule has 0 heterocycles. The highest BCUT2D eigenvalue weighted by Gasteiger charge is 2.30. The third-order valence-electron chi connectivity index (χ3n) is 15.4. The molecule has 456 valence electrons. The molecule has 0 rings (SSSR count). The van der Waals surface area contributed by atoms with Gasteiger partial charge in [0.05, 0.1) is 33.8 Å². The molecule has 0 radical (unpaired) electrons. The summed E-state index contributed by atoms with van der Waals surface area (Å²) in [5.41, 5.74) is 0. The highest BCUT2D eigenvalue weighted by atomic mass is 31.2. The van der Waals surface area contributed by atoms with Gasteiger partial charge in [0.2, 0.25) is 5.91 Å². The van der Waals surface area contributed by atoms with Gasteiger partial charge in [0, 0.05) is 12.8 Å². The number of unbranched alkanes of at least 4 members (excludes halogenated alkanes) is 44. The normalized spacial score (nSPS) is 13.7. The minimum absolute atomic E-state index is 0.0444. The zero-order chi connectivity index (χ0) is 56.4. The van der Waals surface area contributed by atoms with Crippen LogP contribution in [0.25, 0.3) is 0 Å². The van der Waals surface area contributed by atoms with Crippen molar-refractivity contribution in [3.63, 3.8) is 0 Å². The average Bonchev–Trinajstić information content (AvgIpc) is 3.39. The van der Waals surface area contributed by atoms with E-state index in [1.54, 1.807) is 0 Å². The lowest BCUT2D eigenvalue weighted by atomic mass is 10.0. The van der Waals surface area contributed by atoms with Gasteiger partial charge in [0.15, 0.2) is 0 Å². The van der Waals surface area contributed by atoms with Crippen molar-refractivity contribution in [3.8, 4) is 0 Å². The molecule has 0 fully saturated rings. The number of likely N-dealkylation sites (N-methyl/N-ethyl adjacent to an activating group) is 1. The Morgan fingerprint density at radius 1 is 0.442 bits per heavy atom. The van der Waals surface area contributed by atoms with Gasteiger partial charge in [-0.2, -0.15) is 0 Å². The SMILES string of the molecule is CCCCCCCC/C=C/CCCCCCCCCCCCCCCC(=O)OC(/C=C/CCCCCCCCCCCC)C(COP(=O)(O)OCC[N+](C)(C)C)NC(=O)CCCCCCCCCCCCCCCCCC. The van der Waals surface area contributed by atoms with Crippen LogP contribution < -0.4 is 5.32 Å². The van der Waals surface area contributed by atoms with Gasteiger partial charge >= 0.3 is 13.8 Å². The summed E-state index contributed by atoms with van der Waals surface area (Å²) in [5.74, 6) is -0.485. The monoisotopic (exact) mass is 1110 g/mol. The number of hydrogen-bond acceptors (Lipinski definition) is 6. The van der Waals surface area contributed by atoms with Crippen LogP contribution in [0.1, 0.15) is 342 Å². The molecule has 77 heavy (non-hydrogen) atoms. The number of phosphoric ester groups is 1. The first-order chi connectivity index (χ1) is 37.4. The van der Waals surface area contributed by atoms with Gasteiger partial charge in [-0.1, -0.05) is 296 Å². The lowest BCUT2D eigenvalue weighted by Crippen LogP contribution is -2.47. The molecule has 0 bridgehead atoms. The molecule has 9 nitrogen and oxygen atoms in total. The molecule has 0 saturated carbocycles. The number of allylic oxidation sites excluding steroid dienone is 3. The smallest absolute Gasteiger partial charge is 0.456 e. The number of phosphoric acid groups is 1. The molecule has 0 aliphatic rings. The maximum Gasteiger partial charge on any atom is 0.472 e. The quantitative estimate of drug-likeness (QED) is 0.0205. The van der Waals surface area contributed by atoms with Crippen molar-refractivity contribution < 1.29 is 37.3 Å². The molecule has 10 heteroatoms. The van der Waals surface area contributed by atoms with E-state index in [2.05, 4.69) is 38.2 Å². The number of ether oxygens (including phenoxy) is 1. The van der Waals surface area contributed by atoms with E-state index in [9.17, 15) is 19.0 Å². The van der Waals surface area contributed by atoms with Crippen molar-refractivity contribution in [2.24, 2.45) is 0 Å².